The maximum absolute atomic E-state index is 13.0. The summed E-state index contributed by atoms with van der Waals surface area (Å²) in [5.74, 6) is 1.40. The first-order valence-electron chi connectivity index (χ1n) is 9.87. The largest absolute Gasteiger partial charge is 0.379 e. The predicted molar refractivity (Wildman–Crippen MR) is 105 cm³/mol. The van der Waals surface area contributed by atoms with E-state index in [1.807, 2.05) is 28.0 Å². The highest BCUT2D eigenvalue weighted by molar-refractivity contribution is 5.97. The second kappa shape index (κ2) is 8.11. The SMILES string of the molecule is CC(=O)N1CCC(CCC(=O)N2CC(C(C)C)Nc3ccccc32)CC1. The number of piperidine rings is 1. The molecule has 1 N–H and O–H groups in total. The third-order valence-electron chi connectivity index (χ3n) is 5.85. The number of para-hydroxylation sites is 2. The minimum atomic E-state index is 0.164. The first-order chi connectivity index (χ1) is 12.5. The van der Waals surface area contributed by atoms with E-state index in [1.54, 1.807) is 6.92 Å². The van der Waals surface area contributed by atoms with Gasteiger partial charge in [0.1, 0.15) is 0 Å². The van der Waals surface area contributed by atoms with Crippen molar-refractivity contribution in [1.29, 1.82) is 0 Å². The number of anilines is 2. The molecule has 5 nitrogen and oxygen atoms in total. The zero-order valence-electron chi connectivity index (χ0n) is 16.2. The van der Waals surface area contributed by atoms with E-state index in [2.05, 4.69) is 25.2 Å². The van der Waals surface area contributed by atoms with Crippen LogP contribution in [0.15, 0.2) is 24.3 Å². The van der Waals surface area contributed by atoms with Gasteiger partial charge in [0.2, 0.25) is 11.8 Å². The van der Waals surface area contributed by atoms with Crippen molar-refractivity contribution in [2.24, 2.45) is 11.8 Å². The van der Waals surface area contributed by atoms with Crippen LogP contribution in [-0.2, 0) is 9.59 Å². The molecule has 0 spiro atoms. The molecule has 2 aliphatic heterocycles. The van der Waals surface area contributed by atoms with E-state index in [0.29, 0.717) is 18.3 Å². The van der Waals surface area contributed by atoms with Gasteiger partial charge in [0.15, 0.2) is 0 Å². The van der Waals surface area contributed by atoms with Crippen molar-refractivity contribution in [3.8, 4) is 0 Å². The number of amides is 2. The van der Waals surface area contributed by atoms with Crippen LogP contribution in [0.25, 0.3) is 0 Å². The van der Waals surface area contributed by atoms with Gasteiger partial charge < -0.3 is 15.1 Å². The van der Waals surface area contributed by atoms with Gasteiger partial charge in [-0.05, 0) is 43.2 Å². The Labute approximate surface area is 156 Å². The van der Waals surface area contributed by atoms with E-state index in [1.165, 1.54) is 0 Å². The van der Waals surface area contributed by atoms with Crippen molar-refractivity contribution in [3.63, 3.8) is 0 Å². The van der Waals surface area contributed by atoms with Crippen LogP contribution in [0.1, 0.15) is 46.5 Å². The van der Waals surface area contributed by atoms with Gasteiger partial charge in [-0.3, -0.25) is 9.59 Å². The lowest BCUT2D eigenvalue weighted by Crippen LogP contribution is -2.47. The molecular formula is C21H31N3O2. The monoisotopic (exact) mass is 357 g/mol. The lowest BCUT2D eigenvalue weighted by molar-refractivity contribution is -0.130. The Balaban J connectivity index is 1.60. The van der Waals surface area contributed by atoms with Crippen LogP contribution < -0.4 is 10.2 Å². The number of nitrogens with one attached hydrogen (secondary N) is 1. The minimum absolute atomic E-state index is 0.164. The zero-order chi connectivity index (χ0) is 18.7. The van der Waals surface area contributed by atoms with Crippen molar-refractivity contribution in [3.05, 3.63) is 24.3 Å². The summed E-state index contributed by atoms with van der Waals surface area (Å²) < 4.78 is 0. The highest BCUT2D eigenvalue weighted by atomic mass is 16.2. The second-order valence-electron chi connectivity index (χ2n) is 8.00. The van der Waals surface area contributed by atoms with Gasteiger partial charge in [0.05, 0.1) is 11.4 Å². The average Bonchev–Trinajstić information content (AvgIpc) is 2.65. The van der Waals surface area contributed by atoms with Crippen LogP contribution in [0.2, 0.25) is 0 Å². The molecule has 0 saturated carbocycles. The second-order valence-corrected chi connectivity index (χ2v) is 8.00. The number of hydrogen-bond acceptors (Lipinski definition) is 3. The molecule has 1 saturated heterocycles. The molecule has 2 heterocycles. The molecule has 2 amide bonds. The molecule has 1 atom stereocenters. The summed E-state index contributed by atoms with van der Waals surface area (Å²) >= 11 is 0. The minimum Gasteiger partial charge on any atom is -0.379 e. The Morgan fingerprint density at radius 2 is 1.88 bits per heavy atom. The summed E-state index contributed by atoms with van der Waals surface area (Å²) in [6.07, 6.45) is 3.53. The maximum atomic E-state index is 13.0. The van der Waals surface area contributed by atoms with Gasteiger partial charge in [0.25, 0.3) is 0 Å². The molecule has 1 aromatic carbocycles. The lowest BCUT2D eigenvalue weighted by atomic mass is 9.91. The average molecular weight is 357 g/mol. The molecule has 1 fully saturated rings. The summed E-state index contributed by atoms with van der Waals surface area (Å²) in [6.45, 7) is 8.42. The van der Waals surface area contributed by atoms with Gasteiger partial charge in [-0.25, -0.2) is 0 Å². The fourth-order valence-corrected chi connectivity index (χ4v) is 3.98. The number of rotatable bonds is 4. The van der Waals surface area contributed by atoms with E-state index >= 15 is 0 Å². The molecule has 0 bridgehead atoms. The van der Waals surface area contributed by atoms with Crippen molar-refractivity contribution in [2.45, 2.75) is 52.5 Å². The first kappa shape index (κ1) is 18.7. The summed E-state index contributed by atoms with van der Waals surface area (Å²) in [5, 5.41) is 3.57. The molecule has 0 radical (unpaired) electrons. The zero-order valence-corrected chi connectivity index (χ0v) is 16.2. The van der Waals surface area contributed by atoms with Crippen molar-refractivity contribution < 1.29 is 9.59 Å². The molecular weight excluding hydrogens is 326 g/mol. The fraction of sp³-hybridized carbons (Fsp3) is 0.619. The maximum Gasteiger partial charge on any atom is 0.227 e. The van der Waals surface area contributed by atoms with Gasteiger partial charge >= 0.3 is 0 Å². The Bertz CT molecular complexity index is 650. The highest BCUT2D eigenvalue weighted by Crippen LogP contribution is 2.33. The molecule has 0 aliphatic carbocycles. The standard InChI is InChI=1S/C21H31N3O2/c1-15(2)19-14-24(20-7-5-4-6-18(20)22-19)21(26)9-8-17-10-12-23(13-11-17)16(3)25/h4-7,15,17,19,22H,8-14H2,1-3H3. The van der Waals surface area contributed by atoms with Gasteiger partial charge in [-0.2, -0.15) is 0 Å². The number of carbonyl (C=O) groups excluding carboxylic acids is 2. The summed E-state index contributed by atoms with van der Waals surface area (Å²) in [5.41, 5.74) is 2.06. The summed E-state index contributed by atoms with van der Waals surface area (Å²) in [4.78, 5) is 28.3. The molecule has 2 aliphatic rings. The van der Waals surface area contributed by atoms with Crippen LogP contribution >= 0.6 is 0 Å². The van der Waals surface area contributed by atoms with Crippen molar-refractivity contribution in [1.82, 2.24) is 4.90 Å². The van der Waals surface area contributed by atoms with Crippen LogP contribution in [0, 0.1) is 11.8 Å². The summed E-state index contributed by atoms with van der Waals surface area (Å²) in [6, 6.07) is 8.38. The van der Waals surface area contributed by atoms with Crippen molar-refractivity contribution in [2.75, 3.05) is 29.9 Å². The molecule has 3 rings (SSSR count). The number of likely N-dealkylation sites (tertiary alicyclic amines) is 1. The van der Waals surface area contributed by atoms with Crippen molar-refractivity contribution >= 4 is 23.2 Å². The summed E-state index contributed by atoms with van der Waals surface area (Å²) in [7, 11) is 0. The molecule has 26 heavy (non-hydrogen) atoms. The van der Waals surface area contributed by atoms with E-state index in [-0.39, 0.29) is 17.9 Å². The van der Waals surface area contributed by atoms with Gasteiger partial charge in [-0.1, -0.05) is 26.0 Å². The van der Waals surface area contributed by atoms with E-state index < -0.39 is 0 Å². The molecule has 0 aromatic heterocycles. The molecule has 5 heteroatoms. The number of carbonyl (C=O) groups is 2. The smallest absolute Gasteiger partial charge is 0.227 e. The van der Waals surface area contributed by atoms with E-state index in [9.17, 15) is 9.59 Å². The predicted octanol–water partition coefficient (Wildman–Crippen LogP) is 3.51. The number of hydrogen-bond donors (Lipinski definition) is 1. The van der Waals surface area contributed by atoms with Crippen LogP contribution in [-0.4, -0.2) is 42.4 Å². The van der Waals surface area contributed by atoms with Gasteiger partial charge in [0, 0.05) is 39.0 Å². The third kappa shape index (κ3) is 4.19. The van der Waals surface area contributed by atoms with Crippen LogP contribution in [0.3, 0.4) is 0 Å². The molecule has 142 valence electrons. The van der Waals surface area contributed by atoms with Crippen LogP contribution in [0.5, 0.6) is 0 Å². The first-order valence-corrected chi connectivity index (χ1v) is 9.87. The fourth-order valence-electron chi connectivity index (χ4n) is 3.98. The Morgan fingerprint density at radius 1 is 1.19 bits per heavy atom. The number of benzene rings is 1. The van der Waals surface area contributed by atoms with E-state index in [4.69, 9.17) is 0 Å². The quantitative estimate of drug-likeness (QED) is 0.897. The van der Waals surface area contributed by atoms with Crippen LogP contribution in [0.4, 0.5) is 11.4 Å². The lowest BCUT2D eigenvalue weighted by Gasteiger charge is -2.38. The normalized spacial score (nSPS) is 20.7. The Morgan fingerprint density at radius 3 is 2.54 bits per heavy atom. The third-order valence-corrected chi connectivity index (χ3v) is 5.85. The number of nitrogens with zero attached hydrogens (tertiary/aromatic N) is 2. The molecule has 1 unspecified atom stereocenters. The van der Waals surface area contributed by atoms with Gasteiger partial charge in [-0.15, -0.1) is 0 Å². The number of fused-ring (bicyclic) bond motifs is 1. The Kier molecular flexibility index (Phi) is 5.84. The highest BCUT2D eigenvalue weighted by Gasteiger charge is 2.30. The Hall–Kier alpha value is -2.04. The molecule has 1 aromatic rings. The topological polar surface area (TPSA) is 52.7 Å². The van der Waals surface area contributed by atoms with E-state index in [0.717, 1.165) is 50.3 Å².